The third kappa shape index (κ3) is 2.85. The van der Waals surface area contributed by atoms with Crippen LogP contribution in [0, 0.1) is 6.92 Å². The normalized spacial score (nSPS) is 11.4. The summed E-state index contributed by atoms with van der Waals surface area (Å²) in [5.74, 6) is 0. The number of halogens is 1. The van der Waals surface area contributed by atoms with Gasteiger partial charge in [-0.2, -0.15) is 0 Å². The van der Waals surface area contributed by atoms with Crippen molar-refractivity contribution in [1.82, 2.24) is 4.98 Å². The van der Waals surface area contributed by atoms with Crippen molar-refractivity contribution in [1.29, 1.82) is 0 Å². The number of aromatic nitrogens is 1. The Morgan fingerprint density at radius 1 is 1.35 bits per heavy atom. The third-order valence-electron chi connectivity index (χ3n) is 1.98. The van der Waals surface area contributed by atoms with E-state index in [2.05, 4.69) is 25.6 Å². The summed E-state index contributed by atoms with van der Waals surface area (Å²) >= 11 is 4.43. The fourth-order valence-corrected chi connectivity index (χ4v) is 4.04. The van der Waals surface area contributed by atoms with Crippen molar-refractivity contribution in [2.24, 2.45) is 0 Å². The van der Waals surface area contributed by atoms with Gasteiger partial charge >= 0.3 is 0 Å². The summed E-state index contributed by atoms with van der Waals surface area (Å²) < 4.78 is 27.3. The zero-order valence-electron chi connectivity index (χ0n) is 8.84. The van der Waals surface area contributed by atoms with Crippen molar-refractivity contribution >= 4 is 43.0 Å². The molecule has 0 aliphatic heterocycles. The molecule has 2 heterocycles. The quantitative estimate of drug-likeness (QED) is 0.879. The first-order chi connectivity index (χ1) is 7.99. The molecule has 0 saturated heterocycles. The Morgan fingerprint density at radius 2 is 2.12 bits per heavy atom. The summed E-state index contributed by atoms with van der Waals surface area (Å²) in [6.45, 7) is 1.86. The first-order valence-electron chi connectivity index (χ1n) is 4.69. The maximum Gasteiger partial charge on any atom is 0.271 e. The predicted molar refractivity (Wildman–Crippen MR) is 71.8 cm³/mol. The van der Waals surface area contributed by atoms with Gasteiger partial charge in [0.2, 0.25) is 0 Å². The van der Waals surface area contributed by atoms with Crippen LogP contribution in [-0.2, 0) is 10.0 Å². The molecular weight excluding hydrogens is 324 g/mol. The molecule has 17 heavy (non-hydrogen) atoms. The highest BCUT2D eigenvalue weighted by Gasteiger charge is 2.17. The van der Waals surface area contributed by atoms with Gasteiger partial charge in [-0.1, -0.05) is 0 Å². The van der Waals surface area contributed by atoms with Crippen LogP contribution in [0.15, 0.2) is 39.3 Å². The largest absolute Gasteiger partial charge is 0.276 e. The van der Waals surface area contributed by atoms with Gasteiger partial charge < -0.3 is 0 Å². The van der Waals surface area contributed by atoms with Gasteiger partial charge in [0.1, 0.15) is 8.81 Å². The molecule has 0 radical (unpaired) electrons. The summed E-state index contributed by atoms with van der Waals surface area (Å²) in [5, 5.41) is 0. The van der Waals surface area contributed by atoms with E-state index >= 15 is 0 Å². The smallest absolute Gasteiger partial charge is 0.271 e. The molecule has 0 unspecified atom stereocenters. The minimum absolute atomic E-state index is 0.297. The minimum Gasteiger partial charge on any atom is -0.276 e. The standard InChI is InChI=1S/C10H9BrN2O2S2/c1-7-4-5-9(16-7)17(14,15)13-8-3-2-6-12-10(8)11/h2-6,13H,1H3. The van der Waals surface area contributed by atoms with E-state index in [4.69, 9.17) is 0 Å². The van der Waals surface area contributed by atoms with Gasteiger partial charge in [0.05, 0.1) is 5.69 Å². The SMILES string of the molecule is Cc1ccc(S(=O)(=O)Nc2cccnc2Br)s1. The maximum absolute atomic E-state index is 12.0. The number of nitrogens with one attached hydrogen (secondary N) is 1. The molecule has 0 spiro atoms. The second kappa shape index (κ2) is 4.75. The van der Waals surface area contributed by atoms with Gasteiger partial charge in [0.25, 0.3) is 10.0 Å². The van der Waals surface area contributed by atoms with Gasteiger partial charge in [-0.15, -0.1) is 11.3 Å². The number of pyridine rings is 1. The van der Waals surface area contributed by atoms with Crippen molar-refractivity contribution in [2.75, 3.05) is 4.72 Å². The van der Waals surface area contributed by atoms with Crippen LogP contribution in [0.3, 0.4) is 0 Å². The van der Waals surface area contributed by atoms with Crippen molar-refractivity contribution < 1.29 is 8.42 Å². The van der Waals surface area contributed by atoms with Crippen molar-refractivity contribution in [3.8, 4) is 0 Å². The van der Waals surface area contributed by atoms with Gasteiger partial charge in [0.15, 0.2) is 0 Å². The molecule has 2 aromatic heterocycles. The number of sulfonamides is 1. The monoisotopic (exact) mass is 332 g/mol. The van der Waals surface area contributed by atoms with Crippen molar-refractivity contribution in [3.63, 3.8) is 0 Å². The van der Waals surface area contributed by atoms with Gasteiger partial charge in [-0.25, -0.2) is 13.4 Å². The fourth-order valence-electron chi connectivity index (χ4n) is 1.21. The van der Waals surface area contributed by atoms with Crippen LogP contribution in [0.5, 0.6) is 0 Å². The molecule has 0 saturated carbocycles. The van der Waals surface area contributed by atoms with E-state index in [0.717, 1.165) is 4.88 Å². The number of aryl methyl sites for hydroxylation is 1. The average molecular weight is 333 g/mol. The fraction of sp³-hybridized carbons (Fsp3) is 0.100. The lowest BCUT2D eigenvalue weighted by molar-refractivity contribution is 0.603. The number of hydrogen-bond acceptors (Lipinski definition) is 4. The molecule has 7 heteroatoms. The van der Waals surface area contributed by atoms with Crippen LogP contribution in [0.1, 0.15) is 4.88 Å². The Bertz CT molecular complexity index is 637. The van der Waals surface area contributed by atoms with Crippen molar-refractivity contribution in [2.45, 2.75) is 11.1 Å². The summed E-state index contributed by atoms with van der Waals surface area (Å²) in [4.78, 5) is 4.91. The maximum atomic E-state index is 12.0. The molecule has 0 fully saturated rings. The molecule has 0 aromatic carbocycles. The van der Waals surface area contributed by atoms with Crippen LogP contribution in [0.4, 0.5) is 5.69 Å². The predicted octanol–water partition coefficient (Wildman–Crippen LogP) is 3.01. The van der Waals surface area contributed by atoms with E-state index in [-0.39, 0.29) is 0 Å². The van der Waals surface area contributed by atoms with Crippen molar-refractivity contribution in [3.05, 3.63) is 39.9 Å². The molecule has 1 N–H and O–H groups in total. The summed E-state index contributed by atoms with van der Waals surface area (Å²) in [5.41, 5.74) is 0.429. The number of rotatable bonds is 3. The zero-order chi connectivity index (χ0) is 12.5. The molecule has 0 bridgehead atoms. The Labute approximate surface area is 112 Å². The van der Waals surface area contributed by atoms with E-state index in [0.29, 0.717) is 14.5 Å². The topological polar surface area (TPSA) is 59.1 Å². The first kappa shape index (κ1) is 12.5. The van der Waals surface area contributed by atoms with Crippen LogP contribution in [0.2, 0.25) is 0 Å². The molecule has 90 valence electrons. The zero-order valence-corrected chi connectivity index (χ0v) is 12.1. The second-order valence-electron chi connectivity index (χ2n) is 3.31. The number of hydrogen-bond donors (Lipinski definition) is 1. The summed E-state index contributed by atoms with van der Waals surface area (Å²) in [6.07, 6.45) is 1.58. The average Bonchev–Trinajstić information content (AvgIpc) is 2.69. The summed E-state index contributed by atoms with van der Waals surface area (Å²) in [6, 6.07) is 6.68. The highest BCUT2D eigenvalue weighted by Crippen LogP contribution is 2.26. The second-order valence-corrected chi connectivity index (χ2v) is 7.26. The molecule has 2 rings (SSSR count). The van der Waals surface area contributed by atoms with Gasteiger partial charge in [-0.3, -0.25) is 4.72 Å². The third-order valence-corrected chi connectivity index (χ3v) is 5.47. The molecule has 2 aromatic rings. The van der Waals surface area contributed by atoms with E-state index in [1.54, 1.807) is 30.5 Å². The van der Waals surface area contributed by atoms with Crippen LogP contribution >= 0.6 is 27.3 Å². The highest BCUT2D eigenvalue weighted by atomic mass is 79.9. The molecule has 0 aliphatic rings. The van der Waals surface area contributed by atoms with E-state index in [1.165, 1.54) is 11.3 Å². The lowest BCUT2D eigenvalue weighted by Gasteiger charge is -2.06. The van der Waals surface area contributed by atoms with E-state index in [1.807, 2.05) is 6.92 Å². The number of thiophene rings is 1. The Balaban J connectivity index is 2.33. The highest BCUT2D eigenvalue weighted by molar-refractivity contribution is 9.10. The van der Waals surface area contributed by atoms with Gasteiger partial charge in [-0.05, 0) is 47.1 Å². The number of anilines is 1. The molecular formula is C10H9BrN2O2S2. The Hall–Kier alpha value is -0.920. The lowest BCUT2D eigenvalue weighted by atomic mass is 10.4. The molecule has 0 atom stereocenters. The van der Waals surface area contributed by atoms with E-state index in [9.17, 15) is 8.42 Å². The molecule has 0 aliphatic carbocycles. The van der Waals surface area contributed by atoms with Crippen LogP contribution in [0.25, 0.3) is 0 Å². The summed E-state index contributed by atoms with van der Waals surface area (Å²) in [7, 11) is -3.52. The Kier molecular flexibility index (Phi) is 3.50. The molecule has 4 nitrogen and oxygen atoms in total. The Morgan fingerprint density at radius 3 is 2.71 bits per heavy atom. The minimum atomic E-state index is -3.52. The lowest BCUT2D eigenvalue weighted by Crippen LogP contribution is -2.12. The van der Waals surface area contributed by atoms with Crippen LogP contribution in [-0.4, -0.2) is 13.4 Å². The van der Waals surface area contributed by atoms with Gasteiger partial charge in [0, 0.05) is 11.1 Å². The number of nitrogens with zero attached hydrogens (tertiary/aromatic N) is 1. The van der Waals surface area contributed by atoms with E-state index < -0.39 is 10.0 Å². The first-order valence-corrected chi connectivity index (χ1v) is 7.78. The van der Waals surface area contributed by atoms with Crippen LogP contribution < -0.4 is 4.72 Å². The molecule has 0 amide bonds.